The van der Waals surface area contributed by atoms with Crippen LogP contribution in [-0.4, -0.2) is 30.1 Å². The van der Waals surface area contributed by atoms with Gasteiger partial charge in [-0.15, -0.1) is 0 Å². The number of nitrogens with zero attached hydrogens (tertiary/aromatic N) is 1. The fourth-order valence-corrected chi connectivity index (χ4v) is 2.87. The third kappa shape index (κ3) is 2.52. The van der Waals surface area contributed by atoms with E-state index in [0.717, 1.165) is 37.9 Å². The highest BCUT2D eigenvalue weighted by Crippen LogP contribution is 2.38. The summed E-state index contributed by atoms with van der Waals surface area (Å²) in [4.78, 5) is 2.43. The van der Waals surface area contributed by atoms with Gasteiger partial charge in [0, 0.05) is 30.7 Å². The molecule has 1 aliphatic heterocycles. The molecule has 1 unspecified atom stereocenters. The van der Waals surface area contributed by atoms with Crippen LogP contribution in [0.15, 0.2) is 24.3 Å². The third-order valence-electron chi connectivity index (χ3n) is 4.11. The van der Waals surface area contributed by atoms with Crippen LogP contribution in [0.4, 0.5) is 0 Å². The van der Waals surface area contributed by atoms with E-state index in [0.29, 0.717) is 0 Å². The van der Waals surface area contributed by atoms with E-state index in [4.69, 9.17) is 10.5 Å². The second-order valence-electron chi connectivity index (χ2n) is 5.95. The lowest BCUT2D eigenvalue weighted by molar-refractivity contribution is 0.178. The summed E-state index contributed by atoms with van der Waals surface area (Å²) in [5.74, 6) is 1.75. The number of nitrogens with two attached hydrogens (primary N) is 1. The van der Waals surface area contributed by atoms with Crippen molar-refractivity contribution in [3.05, 3.63) is 29.8 Å². The van der Waals surface area contributed by atoms with Gasteiger partial charge in [0.05, 0.1) is 0 Å². The van der Waals surface area contributed by atoms with Crippen LogP contribution in [0.3, 0.4) is 0 Å². The molecule has 98 valence electrons. The maximum absolute atomic E-state index is 6.44. The monoisotopic (exact) mass is 246 g/mol. The molecule has 0 saturated heterocycles. The van der Waals surface area contributed by atoms with Gasteiger partial charge >= 0.3 is 0 Å². The van der Waals surface area contributed by atoms with Crippen LogP contribution in [0.25, 0.3) is 0 Å². The lowest BCUT2D eigenvalue weighted by Gasteiger charge is -2.31. The number of rotatable bonds is 3. The number of para-hydroxylation sites is 1. The first-order chi connectivity index (χ1) is 8.65. The van der Waals surface area contributed by atoms with Crippen LogP contribution in [0, 0.1) is 5.92 Å². The molecule has 0 amide bonds. The van der Waals surface area contributed by atoms with Gasteiger partial charge in [-0.25, -0.2) is 0 Å². The van der Waals surface area contributed by atoms with Crippen LogP contribution in [0.2, 0.25) is 0 Å². The summed E-state index contributed by atoms with van der Waals surface area (Å²) >= 11 is 0. The maximum atomic E-state index is 6.44. The van der Waals surface area contributed by atoms with Crippen LogP contribution in [0.5, 0.6) is 5.75 Å². The third-order valence-corrected chi connectivity index (χ3v) is 4.11. The van der Waals surface area contributed by atoms with E-state index in [1.54, 1.807) is 0 Å². The number of hydrogen-bond donors (Lipinski definition) is 1. The summed E-state index contributed by atoms with van der Waals surface area (Å²) in [7, 11) is 0. The lowest BCUT2D eigenvalue weighted by atomic mass is 9.96. The molecule has 18 heavy (non-hydrogen) atoms. The molecule has 0 bridgehead atoms. The average molecular weight is 246 g/mol. The number of benzene rings is 1. The molecule has 1 aromatic rings. The van der Waals surface area contributed by atoms with Crippen molar-refractivity contribution in [1.29, 1.82) is 0 Å². The first-order valence-electron chi connectivity index (χ1n) is 6.87. The largest absolute Gasteiger partial charge is 0.492 e. The minimum atomic E-state index is -0.0424. The highest BCUT2D eigenvalue weighted by atomic mass is 16.5. The Balaban J connectivity index is 1.71. The molecule has 3 heteroatoms. The molecule has 0 spiro atoms. The Labute approximate surface area is 109 Å². The Morgan fingerprint density at radius 3 is 2.94 bits per heavy atom. The summed E-state index contributed by atoms with van der Waals surface area (Å²) in [5, 5.41) is 0. The molecule has 1 aliphatic carbocycles. The highest BCUT2D eigenvalue weighted by molar-refractivity contribution is 5.33. The topological polar surface area (TPSA) is 38.5 Å². The van der Waals surface area contributed by atoms with Crippen molar-refractivity contribution in [2.45, 2.75) is 31.8 Å². The maximum Gasteiger partial charge on any atom is 0.123 e. The average Bonchev–Trinajstić information content (AvgIpc) is 3.15. The van der Waals surface area contributed by atoms with Crippen LogP contribution >= 0.6 is 0 Å². The minimum absolute atomic E-state index is 0.0424. The second-order valence-corrected chi connectivity index (χ2v) is 5.95. The first-order valence-corrected chi connectivity index (χ1v) is 6.87. The van der Waals surface area contributed by atoms with Crippen LogP contribution in [-0.2, 0) is 6.54 Å². The van der Waals surface area contributed by atoms with Crippen molar-refractivity contribution < 1.29 is 4.74 Å². The Hall–Kier alpha value is -1.06. The molecular weight excluding hydrogens is 224 g/mol. The van der Waals surface area contributed by atoms with Gasteiger partial charge in [-0.3, -0.25) is 4.90 Å². The van der Waals surface area contributed by atoms with Crippen molar-refractivity contribution in [2.75, 3.05) is 19.7 Å². The Bertz CT molecular complexity index is 426. The van der Waals surface area contributed by atoms with E-state index >= 15 is 0 Å². The summed E-state index contributed by atoms with van der Waals surface area (Å²) in [6.45, 7) is 5.85. The Morgan fingerprint density at radius 1 is 1.39 bits per heavy atom. The van der Waals surface area contributed by atoms with Gasteiger partial charge in [-0.05, 0) is 31.7 Å². The summed E-state index contributed by atoms with van der Waals surface area (Å²) in [5.41, 5.74) is 7.68. The van der Waals surface area contributed by atoms with E-state index in [9.17, 15) is 0 Å². The van der Waals surface area contributed by atoms with Crippen molar-refractivity contribution in [2.24, 2.45) is 11.7 Å². The molecule has 1 saturated carbocycles. The standard InChI is InChI=1S/C15H22N2O/c1-15(16,13-6-7-13)11-17-8-9-18-14-5-3-2-4-12(14)10-17/h2-5,13H,6-11,16H2,1H3. The highest BCUT2D eigenvalue weighted by Gasteiger charge is 2.39. The molecule has 3 nitrogen and oxygen atoms in total. The zero-order chi connectivity index (χ0) is 12.6. The lowest BCUT2D eigenvalue weighted by Crippen LogP contribution is -2.49. The summed E-state index contributed by atoms with van der Waals surface area (Å²) in [6.07, 6.45) is 2.60. The number of fused-ring (bicyclic) bond motifs is 1. The van der Waals surface area contributed by atoms with Gasteiger partial charge in [-0.2, -0.15) is 0 Å². The van der Waals surface area contributed by atoms with Gasteiger partial charge in [-0.1, -0.05) is 18.2 Å². The predicted molar refractivity (Wildman–Crippen MR) is 72.5 cm³/mol. The Morgan fingerprint density at radius 2 is 2.17 bits per heavy atom. The van der Waals surface area contributed by atoms with Crippen LogP contribution in [0.1, 0.15) is 25.3 Å². The SMILES string of the molecule is CC(N)(CN1CCOc2ccccc2C1)C1CC1. The molecular formula is C15H22N2O. The molecule has 2 N–H and O–H groups in total. The van der Waals surface area contributed by atoms with Gasteiger partial charge < -0.3 is 10.5 Å². The van der Waals surface area contributed by atoms with Gasteiger partial charge in [0.25, 0.3) is 0 Å². The van der Waals surface area contributed by atoms with Crippen molar-refractivity contribution in [1.82, 2.24) is 4.90 Å². The molecule has 1 fully saturated rings. The van der Waals surface area contributed by atoms with E-state index in [2.05, 4.69) is 30.0 Å². The van der Waals surface area contributed by atoms with Crippen LogP contribution < -0.4 is 10.5 Å². The quantitative estimate of drug-likeness (QED) is 0.886. The minimum Gasteiger partial charge on any atom is -0.492 e. The molecule has 1 aromatic carbocycles. The smallest absolute Gasteiger partial charge is 0.123 e. The summed E-state index contributed by atoms with van der Waals surface area (Å²) in [6, 6.07) is 8.32. The fraction of sp³-hybridized carbons (Fsp3) is 0.600. The Kier molecular flexibility index (Phi) is 3.04. The van der Waals surface area contributed by atoms with Gasteiger partial charge in [0.15, 0.2) is 0 Å². The normalized spacial score (nSPS) is 23.7. The molecule has 0 radical (unpaired) electrons. The van der Waals surface area contributed by atoms with E-state index < -0.39 is 0 Å². The van der Waals surface area contributed by atoms with E-state index in [1.165, 1.54) is 18.4 Å². The van der Waals surface area contributed by atoms with Crippen molar-refractivity contribution in [3.63, 3.8) is 0 Å². The molecule has 3 rings (SSSR count). The molecule has 1 heterocycles. The van der Waals surface area contributed by atoms with Crippen molar-refractivity contribution >= 4 is 0 Å². The zero-order valence-corrected chi connectivity index (χ0v) is 11.1. The number of hydrogen-bond acceptors (Lipinski definition) is 3. The van der Waals surface area contributed by atoms with Gasteiger partial charge in [0.1, 0.15) is 12.4 Å². The molecule has 2 aliphatic rings. The molecule has 1 atom stereocenters. The summed E-state index contributed by atoms with van der Waals surface area (Å²) < 4.78 is 5.79. The van der Waals surface area contributed by atoms with Crippen molar-refractivity contribution in [3.8, 4) is 5.75 Å². The first kappa shape index (κ1) is 12.0. The van der Waals surface area contributed by atoms with E-state index in [1.807, 2.05) is 6.07 Å². The molecule has 0 aromatic heterocycles. The predicted octanol–water partition coefficient (Wildman–Crippen LogP) is 2.01. The van der Waals surface area contributed by atoms with Gasteiger partial charge in [0.2, 0.25) is 0 Å². The number of ether oxygens (including phenoxy) is 1. The second kappa shape index (κ2) is 4.56. The fourth-order valence-electron chi connectivity index (χ4n) is 2.87. The van der Waals surface area contributed by atoms with E-state index in [-0.39, 0.29) is 5.54 Å². The zero-order valence-electron chi connectivity index (χ0n) is 11.1.